The second-order valence-corrected chi connectivity index (χ2v) is 6.94. The number of carbonyl (C=O) groups is 1. The van der Waals surface area contributed by atoms with Gasteiger partial charge < -0.3 is 10.3 Å². The lowest BCUT2D eigenvalue weighted by Crippen LogP contribution is -2.27. The van der Waals surface area contributed by atoms with E-state index < -0.39 is 0 Å². The Morgan fingerprint density at radius 2 is 1.82 bits per heavy atom. The molecule has 0 aliphatic heterocycles. The van der Waals surface area contributed by atoms with Gasteiger partial charge in [0.1, 0.15) is 5.82 Å². The van der Waals surface area contributed by atoms with Crippen LogP contribution in [0.25, 0.3) is 22.4 Å². The Hall–Kier alpha value is -3.55. The van der Waals surface area contributed by atoms with Crippen molar-refractivity contribution in [3.05, 3.63) is 59.9 Å². The lowest BCUT2D eigenvalue weighted by molar-refractivity contribution is 0.0938. The van der Waals surface area contributed by atoms with Gasteiger partial charge in [-0.15, -0.1) is 10.2 Å². The van der Waals surface area contributed by atoms with E-state index in [9.17, 15) is 4.79 Å². The van der Waals surface area contributed by atoms with E-state index in [0.29, 0.717) is 11.4 Å². The van der Waals surface area contributed by atoms with Gasteiger partial charge >= 0.3 is 0 Å². The first-order valence-corrected chi connectivity index (χ1v) is 9.16. The van der Waals surface area contributed by atoms with Crippen molar-refractivity contribution in [2.24, 2.45) is 0 Å². The minimum atomic E-state index is -0.243. The molecule has 142 valence electrons. The topological polar surface area (TPSA) is 101 Å². The van der Waals surface area contributed by atoms with Gasteiger partial charge in [0.25, 0.3) is 5.91 Å². The highest BCUT2D eigenvalue weighted by Crippen LogP contribution is 2.18. The minimum Gasteiger partial charge on any atom is -0.342 e. The van der Waals surface area contributed by atoms with Crippen LogP contribution in [-0.2, 0) is 0 Å². The summed E-state index contributed by atoms with van der Waals surface area (Å²) in [5, 5.41) is 15.4. The molecular formula is C20H21N7O. The van der Waals surface area contributed by atoms with Crippen LogP contribution in [0.5, 0.6) is 0 Å². The van der Waals surface area contributed by atoms with E-state index in [1.54, 1.807) is 16.9 Å². The zero-order chi connectivity index (χ0) is 19.7. The van der Waals surface area contributed by atoms with Gasteiger partial charge in [0.15, 0.2) is 0 Å². The van der Waals surface area contributed by atoms with Crippen LogP contribution in [0.2, 0.25) is 0 Å². The van der Waals surface area contributed by atoms with E-state index >= 15 is 0 Å². The van der Waals surface area contributed by atoms with Crippen molar-refractivity contribution in [1.29, 1.82) is 0 Å². The number of tetrazole rings is 1. The van der Waals surface area contributed by atoms with Crippen molar-refractivity contribution in [3.63, 3.8) is 0 Å². The van der Waals surface area contributed by atoms with Gasteiger partial charge in [-0.05, 0) is 50.3 Å². The van der Waals surface area contributed by atoms with Crippen LogP contribution < -0.4 is 5.32 Å². The fraction of sp³-hybridized carbons (Fsp3) is 0.250. The average Bonchev–Trinajstić information content (AvgIpc) is 3.35. The SMILES string of the molecule is CC(C)n1nnc(-c2ccc(C(=O)N[C@@H](C)c3nc4ccccc4[nH]3)cc2)n1. The van der Waals surface area contributed by atoms with Crippen LogP contribution in [0, 0.1) is 0 Å². The van der Waals surface area contributed by atoms with E-state index in [1.807, 2.05) is 57.2 Å². The Balaban J connectivity index is 1.46. The molecule has 2 heterocycles. The fourth-order valence-electron chi connectivity index (χ4n) is 2.86. The smallest absolute Gasteiger partial charge is 0.251 e. The summed E-state index contributed by atoms with van der Waals surface area (Å²) in [5.41, 5.74) is 3.20. The minimum absolute atomic E-state index is 0.144. The van der Waals surface area contributed by atoms with E-state index in [1.165, 1.54) is 0 Å². The maximum absolute atomic E-state index is 12.6. The molecule has 28 heavy (non-hydrogen) atoms. The summed E-state index contributed by atoms with van der Waals surface area (Å²) in [6.07, 6.45) is 0. The molecule has 0 aliphatic rings. The molecule has 1 amide bonds. The summed E-state index contributed by atoms with van der Waals surface area (Å²) in [6.45, 7) is 5.88. The van der Waals surface area contributed by atoms with Gasteiger partial charge in [-0.2, -0.15) is 4.80 Å². The monoisotopic (exact) mass is 375 g/mol. The van der Waals surface area contributed by atoms with Crippen molar-refractivity contribution in [1.82, 2.24) is 35.5 Å². The normalized spacial score (nSPS) is 12.4. The summed E-state index contributed by atoms with van der Waals surface area (Å²) in [7, 11) is 0. The predicted octanol–water partition coefficient (Wildman–Crippen LogP) is 3.29. The number of fused-ring (bicyclic) bond motifs is 1. The number of nitrogens with one attached hydrogen (secondary N) is 2. The number of benzene rings is 2. The van der Waals surface area contributed by atoms with Crippen LogP contribution in [-0.4, -0.2) is 36.1 Å². The molecule has 0 bridgehead atoms. The summed E-state index contributed by atoms with van der Waals surface area (Å²) in [6, 6.07) is 14.8. The highest BCUT2D eigenvalue weighted by molar-refractivity contribution is 5.94. The number of carbonyl (C=O) groups excluding carboxylic acids is 1. The van der Waals surface area contributed by atoms with Gasteiger partial charge in [-0.1, -0.05) is 24.3 Å². The van der Waals surface area contributed by atoms with Crippen molar-refractivity contribution in [2.75, 3.05) is 0 Å². The Kier molecular flexibility index (Phi) is 4.60. The lowest BCUT2D eigenvalue weighted by Gasteiger charge is -2.11. The number of amides is 1. The number of para-hydroxylation sites is 2. The molecule has 0 spiro atoms. The van der Waals surface area contributed by atoms with Crippen LogP contribution in [0.1, 0.15) is 49.0 Å². The zero-order valence-corrected chi connectivity index (χ0v) is 15.9. The van der Waals surface area contributed by atoms with Crippen molar-refractivity contribution >= 4 is 16.9 Å². The summed E-state index contributed by atoms with van der Waals surface area (Å²) in [4.78, 5) is 21.9. The molecular weight excluding hydrogens is 354 g/mol. The van der Waals surface area contributed by atoms with Gasteiger partial charge in [-0.3, -0.25) is 4.79 Å². The van der Waals surface area contributed by atoms with Crippen molar-refractivity contribution in [3.8, 4) is 11.4 Å². The molecule has 4 aromatic rings. The standard InChI is InChI=1S/C20H21N7O/c1-12(2)27-25-19(24-26-27)14-8-10-15(11-9-14)20(28)21-13(3)18-22-16-6-4-5-7-17(16)23-18/h4-13H,1-3H3,(H,21,28)(H,22,23)/t13-/m0/s1. The number of aromatic nitrogens is 6. The summed E-state index contributed by atoms with van der Waals surface area (Å²) >= 11 is 0. The number of imidazole rings is 1. The number of rotatable bonds is 5. The van der Waals surface area contributed by atoms with E-state index in [2.05, 4.69) is 30.7 Å². The van der Waals surface area contributed by atoms with Crippen LogP contribution in [0.4, 0.5) is 0 Å². The predicted molar refractivity (Wildman–Crippen MR) is 106 cm³/mol. The van der Waals surface area contributed by atoms with Crippen molar-refractivity contribution in [2.45, 2.75) is 32.9 Å². The molecule has 0 fully saturated rings. The number of nitrogens with zero attached hydrogens (tertiary/aromatic N) is 5. The molecule has 2 aromatic heterocycles. The third-order valence-electron chi connectivity index (χ3n) is 4.46. The van der Waals surface area contributed by atoms with E-state index in [4.69, 9.17) is 0 Å². The number of aromatic amines is 1. The first-order valence-electron chi connectivity index (χ1n) is 9.16. The first kappa shape index (κ1) is 17.8. The molecule has 2 N–H and O–H groups in total. The summed E-state index contributed by atoms with van der Waals surface area (Å²) < 4.78 is 0. The highest BCUT2D eigenvalue weighted by atomic mass is 16.1. The highest BCUT2D eigenvalue weighted by Gasteiger charge is 2.15. The third-order valence-corrected chi connectivity index (χ3v) is 4.46. The molecule has 4 rings (SSSR count). The van der Waals surface area contributed by atoms with Crippen LogP contribution in [0.3, 0.4) is 0 Å². The number of hydrogen-bond acceptors (Lipinski definition) is 5. The molecule has 0 saturated heterocycles. The first-order chi connectivity index (χ1) is 13.5. The maximum atomic E-state index is 12.6. The second kappa shape index (κ2) is 7.22. The van der Waals surface area contributed by atoms with Gasteiger partial charge in [-0.25, -0.2) is 4.98 Å². The van der Waals surface area contributed by atoms with E-state index in [0.717, 1.165) is 22.4 Å². The fourth-order valence-corrected chi connectivity index (χ4v) is 2.86. The Bertz CT molecular complexity index is 1080. The zero-order valence-electron chi connectivity index (χ0n) is 15.9. The average molecular weight is 375 g/mol. The van der Waals surface area contributed by atoms with Gasteiger partial charge in [0.2, 0.25) is 5.82 Å². The molecule has 0 aliphatic carbocycles. The van der Waals surface area contributed by atoms with Crippen LogP contribution >= 0.6 is 0 Å². The molecule has 1 atom stereocenters. The van der Waals surface area contributed by atoms with Crippen molar-refractivity contribution < 1.29 is 4.79 Å². The Morgan fingerprint density at radius 3 is 2.50 bits per heavy atom. The summed E-state index contributed by atoms with van der Waals surface area (Å²) in [5.74, 6) is 1.09. The largest absolute Gasteiger partial charge is 0.342 e. The Morgan fingerprint density at radius 1 is 1.07 bits per heavy atom. The molecule has 2 aromatic carbocycles. The lowest BCUT2D eigenvalue weighted by atomic mass is 10.1. The quantitative estimate of drug-likeness (QED) is 0.557. The molecule has 0 saturated carbocycles. The van der Waals surface area contributed by atoms with Gasteiger partial charge in [0.05, 0.1) is 23.1 Å². The van der Waals surface area contributed by atoms with E-state index in [-0.39, 0.29) is 18.0 Å². The molecule has 0 unspecified atom stereocenters. The Labute approximate surface area is 162 Å². The number of hydrogen-bond donors (Lipinski definition) is 2. The second-order valence-electron chi connectivity index (χ2n) is 6.94. The molecule has 0 radical (unpaired) electrons. The number of H-pyrrole nitrogens is 1. The van der Waals surface area contributed by atoms with Crippen LogP contribution in [0.15, 0.2) is 48.5 Å². The molecule has 8 nitrogen and oxygen atoms in total. The third kappa shape index (κ3) is 3.48. The van der Waals surface area contributed by atoms with Gasteiger partial charge in [0, 0.05) is 11.1 Å². The molecule has 8 heteroatoms. The maximum Gasteiger partial charge on any atom is 0.251 e.